The zero-order chi connectivity index (χ0) is 15.9. The zero-order valence-electron chi connectivity index (χ0n) is 12.8. The van der Waals surface area contributed by atoms with Crippen molar-refractivity contribution in [1.29, 1.82) is 0 Å². The predicted octanol–water partition coefficient (Wildman–Crippen LogP) is 2.34. The van der Waals surface area contributed by atoms with Crippen molar-refractivity contribution in [3.05, 3.63) is 53.6 Å². The highest BCUT2D eigenvalue weighted by molar-refractivity contribution is 5.92. The lowest BCUT2D eigenvalue weighted by molar-refractivity contribution is -0.115. The molecule has 0 unspecified atom stereocenters. The van der Waals surface area contributed by atoms with E-state index >= 15 is 0 Å². The molecule has 116 valence electrons. The van der Waals surface area contributed by atoms with Gasteiger partial charge in [-0.1, -0.05) is 12.1 Å². The van der Waals surface area contributed by atoms with E-state index in [1.54, 1.807) is 32.4 Å². The summed E-state index contributed by atoms with van der Waals surface area (Å²) in [5, 5.41) is 2.85. The van der Waals surface area contributed by atoms with Crippen LogP contribution in [0.5, 0.6) is 11.5 Å². The zero-order valence-corrected chi connectivity index (χ0v) is 12.8. The summed E-state index contributed by atoms with van der Waals surface area (Å²) in [5.41, 5.74) is 8.09. The van der Waals surface area contributed by atoms with Crippen LogP contribution in [0.25, 0.3) is 0 Å². The number of nitrogens with two attached hydrogens (primary N) is 1. The molecule has 0 saturated carbocycles. The monoisotopic (exact) mass is 300 g/mol. The van der Waals surface area contributed by atoms with Crippen LogP contribution in [0, 0.1) is 0 Å². The van der Waals surface area contributed by atoms with Gasteiger partial charge in [0.25, 0.3) is 0 Å². The largest absolute Gasteiger partial charge is 0.497 e. The smallest absolute Gasteiger partial charge is 0.228 e. The second kappa shape index (κ2) is 7.47. The Hall–Kier alpha value is -2.53. The molecule has 0 atom stereocenters. The fourth-order valence-corrected chi connectivity index (χ4v) is 2.12. The van der Waals surface area contributed by atoms with Crippen molar-refractivity contribution >= 4 is 11.6 Å². The molecule has 3 N–H and O–H groups in total. The molecule has 22 heavy (non-hydrogen) atoms. The highest BCUT2D eigenvalue weighted by Gasteiger charge is 2.10. The van der Waals surface area contributed by atoms with E-state index in [-0.39, 0.29) is 12.3 Å². The summed E-state index contributed by atoms with van der Waals surface area (Å²) in [6, 6.07) is 12.8. The van der Waals surface area contributed by atoms with Gasteiger partial charge in [-0.2, -0.15) is 0 Å². The first-order chi connectivity index (χ1) is 10.7. The van der Waals surface area contributed by atoms with Crippen molar-refractivity contribution in [2.45, 2.75) is 13.0 Å². The fourth-order valence-electron chi connectivity index (χ4n) is 2.12. The average molecular weight is 300 g/mol. The highest BCUT2D eigenvalue weighted by atomic mass is 16.5. The van der Waals surface area contributed by atoms with Gasteiger partial charge in [-0.05, 0) is 35.9 Å². The third-order valence-electron chi connectivity index (χ3n) is 3.31. The second-order valence-electron chi connectivity index (χ2n) is 4.80. The maximum atomic E-state index is 12.2. The minimum atomic E-state index is -0.118. The quantitative estimate of drug-likeness (QED) is 0.859. The number of rotatable bonds is 6. The summed E-state index contributed by atoms with van der Waals surface area (Å²) in [5.74, 6) is 1.23. The van der Waals surface area contributed by atoms with E-state index in [0.717, 1.165) is 16.8 Å². The van der Waals surface area contributed by atoms with E-state index in [4.69, 9.17) is 15.2 Å². The molecule has 2 aromatic carbocycles. The van der Waals surface area contributed by atoms with Gasteiger partial charge in [0.15, 0.2) is 0 Å². The van der Waals surface area contributed by atoms with Crippen molar-refractivity contribution in [3.8, 4) is 11.5 Å². The Morgan fingerprint density at radius 3 is 2.41 bits per heavy atom. The van der Waals surface area contributed by atoms with Crippen LogP contribution in [0.3, 0.4) is 0 Å². The Kier molecular flexibility index (Phi) is 5.38. The fraction of sp³-hybridized carbons (Fsp3) is 0.235. The Balaban J connectivity index is 2.07. The predicted molar refractivity (Wildman–Crippen MR) is 86.2 cm³/mol. The SMILES string of the molecule is COc1ccc(OC)c(CC(=O)Nc2ccc(CN)cc2)c1. The number of amides is 1. The van der Waals surface area contributed by atoms with E-state index < -0.39 is 0 Å². The van der Waals surface area contributed by atoms with Gasteiger partial charge >= 0.3 is 0 Å². The topological polar surface area (TPSA) is 73.6 Å². The van der Waals surface area contributed by atoms with E-state index in [1.807, 2.05) is 24.3 Å². The molecule has 0 radical (unpaired) electrons. The maximum Gasteiger partial charge on any atom is 0.228 e. The molecule has 0 saturated heterocycles. The molecule has 0 heterocycles. The Labute approximate surface area is 130 Å². The lowest BCUT2D eigenvalue weighted by Crippen LogP contribution is -2.15. The van der Waals surface area contributed by atoms with Gasteiger partial charge in [0, 0.05) is 17.8 Å². The van der Waals surface area contributed by atoms with Gasteiger partial charge in [-0.15, -0.1) is 0 Å². The van der Waals surface area contributed by atoms with Gasteiger partial charge < -0.3 is 20.5 Å². The summed E-state index contributed by atoms with van der Waals surface area (Å²) in [4.78, 5) is 12.2. The van der Waals surface area contributed by atoms with Crippen molar-refractivity contribution in [1.82, 2.24) is 0 Å². The molecule has 1 amide bonds. The molecule has 0 aliphatic carbocycles. The minimum absolute atomic E-state index is 0.118. The second-order valence-corrected chi connectivity index (χ2v) is 4.80. The number of methoxy groups -OCH3 is 2. The van der Waals surface area contributed by atoms with Gasteiger partial charge in [0.2, 0.25) is 5.91 Å². The third kappa shape index (κ3) is 3.99. The van der Waals surface area contributed by atoms with Crippen LogP contribution < -0.4 is 20.5 Å². The number of hydrogen-bond acceptors (Lipinski definition) is 4. The summed E-state index contributed by atoms with van der Waals surface area (Å²) in [7, 11) is 3.17. The van der Waals surface area contributed by atoms with Crippen LogP contribution in [-0.4, -0.2) is 20.1 Å². The average Bonchev–Trinajstić information content (AvgIpc) is 2.55. The Morgan fingerprint density at radius 1 is 1.09 bits per heavy atom. The van der Waals surface area contributed by atoms with Gasteiger partial charge in [0.1, 0.15) is 11.5 Å². The normalized spacial score (nSPS) is 10.1. The number of ether oxygens (including phenoxy) is 2. The van der Waals surface area contributed by atoms with Crippen LogP contribution in [-0.2, 0) is 17.8 Å². The van der Waals surface area contributed by atoms with Crippen LogP contribution in [0.1, 0.15) is 11.1 Å². The molecule has 5 heteroatoms. The molecular formula is C17H20N2O3. The first-order valence-corrected chi connectivity index (χ1v) is 6.96. The molecule has 2 rings (SSSR count). The van der Waals surface area contributed by atoms with E-state index in [2.05, 4.69) is 5.32 Å². The third-order valence-corrected chi connectivity index (χ3v) is 3.31. The number of hydrogen-bond donors (Lipinski definition) is 2. The molecule has 0 fully saturated rings. The van der Waals surface area contributed by atoms with E-state index in [1.165, 1.54) is 0 Å². The molecule has 0 aromatic heterocycles. The van der Waals surface area contributed by atoms with Gasteiger partial charge in [-0.3, -0.25) is 4.79 Å². The summed E-state index contributed by atoms with van der Waals surface area (Å²) >= 11 is 0. The lowest BCUT2D eigenvalue weighted by Gasteiger charge is -2.11. The maximum absolute atomic E-state index is 12.2. The van der Waals surface area contributed by atoms with E-state index in [9.17, 15) is 4.79 Å². The van der Waals surface area contributed by atoms with Crippen molar-refractivity contribution < 1.29 is 14.3 Å². The molecule has 0 aliphatic heterocycles. The lowest BCUT2D eigenvalue weighted by atomic mass is 10.1. The van der Waals surface area contributed by atoms with Crippen LogP contribution >= 0.6 is 0 Å². The number of nitrogens with one attached hydrogen (secondary N) is 1. The number of carbonyl (C=O) groups excluding carboxylic acids is 1. The summed E-state index contributed by atoms with van der Waals surface area (Å²) in [6.45, 7) is 0.481. The first-order valence-electron chi connectivity index (χ1n) is 6.96. The van der Waals surface area contributed by atoms with Crippen LogP contribution in [0.4, 0.5) is 5.69 Å². The van der Waals surface area contributed by atoms with Crippen LogP contribution in [0.2, 0.25) is 0 Å². The van der Waals surface area contributed by atoms with Gasteiger partial charge in [0.05, 0.1) is 20.6 Å². The molecule has 5 nitrogen and oxygen atoms in total. The standard InChI is InChI=1S/C17H20N2O3/c1-21-15-7-8-16(22-2)13(9-15)10-17(20)19-14-5-3-12(11-18)4-6-14/h3-9H,10-11,18H2,1-2H3,(H,19,20). The minimum Gasteiger partial charge on any atom is -0.497 e. The molecule has 0 bridgehead atoms. The molecular weight excluding hydrogens is 280 g/mol. The Morgan fingerprint density at radius 2 is 1.82 bits per heavy atom. The number of anilines is 1. The number of carbonyl (C=O) groups is 1. The van der Waals surface area contributed by atoms with Gasteiger partial charge in [-0.25, -0.2) is 0 Å². The molecule has 0 aliphatic rings. The van der Waals surface area contributed by atoms with Crippen molar-refractivity contribution in [2.75, 3.05) is 19.5 Å². The highest BCUT2D eigenvalue weighted by Crippen LogP contribution is 2.24. The Bertz CT molecular complexity index is 639. The summed E-state index contributed by atoms with van der Waals surface area (Å²) in [6.07, 6.45) is 0.207. The number of benzene rings is 2. The van der Waals surface area contributed by atoms with E-state index in [0.29, 0.717) is 18.0 Å². The molecule has 2 aromatic rings. The van der Waals surface area contributed by atoms with Crippen LogP contribution in [0.15, 0.2) is 42.5 Å². The molecule has 0 spiro atoms. The van der Waals surface area contributed by atoms with Crippen molar-refractivity contribution in [3.63, 3.8) is 0 Å². The summed E-state index contributed by atoms with van der Waals surface area (Å²) < 4.78 is 10.5. The first kappa shape index (κ1) is 15.9. The van der Waals surface area contributed by atoms with Crippen molar-refractivity contribution in [2.24, 2.45) is 5.73 Å².